The van der Waals surface area contributed by atoms with E-state index in [0.717, 1.165) is 10.9 Å². The maximum Gasteiger partial charge on any atom is 0.336 e. The molecular formula is C16H21N3O4S. The highest BCUT2D eigenvalue weighted by Crippen LogP contribution is 2.39. The number of esters is 2. The van der Waals surface area contributed by atoms with Gasteiger partial charge in [-0.3, -0.25) is 0 Å². The van der Waals surface area contributed by atoms with Crippen LogP contribution in [0.1, 0.15) is 25.5 Å². The average Bonchev–Trinajstić information content (AvgIpc) is 2.93. The molecule has 1 aliphatic rings. The van der Waals surface area contributed by atoms with Crippen molar-refractivity contribution in [3.8, 4) is 0 Å². The van der Waals surface area contributed by atoms with Gasteiger partial charge in [-0.15, -0.1) is 0 Å². The summed E-state index contributed by atoms with van der Waals surface area (Å²) in [6.45, 7) is 3.56. The van der Waals surface area contributed by atoms with Crippen LogP contribution >= 0.6 is 11.8 Å². The van der Waals surface area contributed by atoms with E-state index in [4.69, 9.17) is 9.47 Å². The standard InChI is InChI=1S/C16H21N3O4S/c1-8-11(14(20)22-4)13(10-7-17-16(24-6)19(10)3)12(9(2)18-8)15(21)23-5/h7,13,18H,1-6H3. The number of dihydropyridines is 1. The van der Waals surface area contributed by atoms with Crippen LogP contribution < -0.4 is 5.32 Å². The Kier molecular flexibility index (Phi) is 5.38. The molecule has 1 aromatic heterocycles. The molecule has 1 N–H and O–H groups in total. The van der Waals surface area contributed by atoms with Crippen LogP contribution in [-0.2, 0) is 26.1 Å². The fraction of sp³-hybridized carbons (Fsp3) is 0.438. The Balaban J connectivity index is 2.72. The van der Waals surface area contributed by atoms with Crippen molar-refractivity contribution in [2.45, 2.75) is 24.9 Å². The van der Waals surface area contributed by atoms with Crippen LogP contribution in [0.5, 0.6) is 0 Å². The second kappa shape index (κ2) is 7.12. The summed E-state index contributed by atoms with van der Waals surface area (Å²) in [7, 11) is 4.49. The Morgan fingerprint density at radius 3 is 2.04 bits per heavy atom. The van der Waals surface area contributed by atoms with Gasteiger partial charge in [0.2, 0.25) is 0 Å². The second-order valence-electron chi connectivity index (χ2n) is 5.35. The van der Waals surface area contributed by atoms with E-state index < -0.39 is 17.9 Å². The Morgan fingerprint density at radius 1 is 1.17 bits per heavy atom. The molecule has 7 nitrogen and oxygen atoms in total. The molecule has 0 spiro atoms. The van der Waals surface area contributed by atoms with E-state index in [1.807, 2.05) is 17.9 Å². The number of carbonyl (C=O) groups is 2. The number of ether oxygens (including phenoxy) is 2. The SMILES string of the molecule is COC(=O)C1=C(C)NC(C)=C(C(=O)OC)C1c1cnc(SC)n1C. The molecule has 130 valence electrons. The summed E-state index contributed by atoms with van der Waals surface area (Å²) in [5.74, 6) is -1.60. The lowest BCUT2D eigenvalue weighted by atomic mass is 9.83. The molecule has 8 heteroatoms. The second-order valence-corrected chi connectivity index (χ2v) is 6.12. The van der Waals surface area contributed by atoms with Crippen LogP contribution in [-0.4, -0.2) is 42.0 Å². The number of hydrogen-bond donors (Lipinski definition) is 1. The van der Waals surface area contributed by atoms with Gasteiger partial charge in [-0.05, 0) is 20.1 Å². The molecule has 0 unspecified atom stereocenters. The third-order valence-electron chi connectivity index (χ3n) is 4.03. The van der Waals surface area contributed by atoms with Gasteiger partial charge in [0.05, 0.1) is 43.2 Å². The molecule has 0 aliphatic carbocycles. The fourth-order valence-corrected chi connectivity index (χ4v) is 3.45. The maximum atomic E-state index is 12.4. The molecule has 1 aromatic rings. The first-order valence-corrected chi connectivity index (χ1v) is 8.50. The lowest BCUT2D eigenvalue weighted by Gasteiger charge is -2.29. The molecule has 0 bridgehead atoms. The topological polar surface area (TPSA) is 82.4 Å². The van der Waals surface area contributed by atoms with Crippen molar-refractivity contribution in [3.05, 3.63) is 34.4 Å². The molecule has 1 aliphatic heterocycles. The molecule has 0 saturated carbocycles. The van der Waals surface area contributed by atoms with Gasteiger partial charge >= 0.3 is 11.9 Å². The lowest BCUT2D eigenvalue weighted by Crippen LogP contribution is -2.32. The summed E-state index contributed by atoms with van der Waals surface area (Å²) in [5.41, 5.74) is 2.76. The third-order valence-corrected chi connectivity index (χ3v) is 4.78. The molecule has 0 radical (unpaired) electrons. The lowest BCUT2D eigenvalue weighted by molar-refractivity contribution is -0.137. The minimum Gasteiger partial charge on any atom is -0.466 e. The highest BCUT2D eigenvalue weighted by atomic mass is 32.2. The van der Waals surface area contributed by atoms with Crippen LogP contribution in [0.3, 0.4) is 0 Å². The number of thioether (sulfide) groups is 1. The van der Waals surface area contributed by atoms with Gasteiger partial charge in [0.25, 0.3) is 0 Å². The Morgan fingerprint density at radius 2 is 1.67 bits per heavy atom. The van der Waals surface area contributed by atoms with Crippen LogP contribution in [0.4, 0.5) is 0 Å². The molecule has 0 aromatic carbocycles. The van der Waals surface area contributed by atoms with E-state index in [2.05, 4.69) is 10.3 Å². The number of nitrogens with zero attached hydrogens (tertiary/aromatic N) is 2. The first kappa shape index (κ1) is 18.1. The molecule has 2 rings (SSSR count). The number of imidazole rings is 1. The summed E-state index contributed by atoms with van der Waals surface area (Å²) in [4.78, 5) is 29.1. The summed E-state index contributed by atoms with van der Waals surface area (Å²) in [6, 6.07) is 0. The molecule has 2 heterocycles. The summed E-state index contributed by atoms with van der Waals surface area (Å²) >= 11 is 1.48. The van der Waals surface area contributed by atoms with Gasteiger partial charge in [0, 0.05) is 18.4 Å². The van der Waals surface area contributed by atoms with E-state index in [1.54, 1.807) is 20.0 Å². The predicted octanol–water partition coefficient (Wildman–Crippen LogP) is 1.72. The largest absolute Gasteiger partial charge is 0.466 e. The zero-order valence-electron chi connectivity index (χ0n) is 14.6. The van der Waals surface area contributed by atoms with Crippen LogP contribution in [0, 0.1) is 0 Å². The van der Waals surface area contributed by atoms with Crippen molar-refractivity contribution < 1.29 is 19.1 Å². The van der Waals surface area contributed by atoms with Gasteiger partial charge in [-0.1, -0.05) is 11.8 Å². The third kappa shape index (κ3) is 2.93. The summed E-state index contributed by atoms with van der Waals surface area (Å²) < 4.78 is 11.7. The Bertz CT molecular complexity index is 711. The van der Waals surface area contributed by atoms with Gasteiger partial charge in [-0.2, -0.15) is 0 Å². The highest BCUT2D eigenvalue weighted by Gasteiger charge is 2.39. The quantitative estimate of drug-likeness (QED) is 0.653. The van der Waals surface area contributed by atoms with Gasteiger partial charge in [0.15, 0.2) is 5.16 Å². The van der Waals surface area contributed by atoms with Crippen LogP contribution in [0.2, 0.25) is 0 Å². The van der Waals surface area contributed by atoms with Crippen LogP contribution in [0.25, 0.3) is 0 Å². The van der Waals surface area contributed by atoms with Crippen molar-refractivity contribution in [3.63, 3.8) is 0 Å². The summed E-state index contributed by atoms with van der Waals surface area (Å²) in [6.07, 6.45) is 3.59. The van der Waals surface area contributed by atoms with E-state index in [-0.39, 0.29) is 0 Å². The number of carbonyl (C=O) groups excluding carboxylic acids is 2. The number of hydrogen-bond acceptors (Lipinski definition) is 7. The monoisotopic (exact) mass is 351 g/mol. The van der Waals surface area contributed by atoms with E-state index >= 15 is 0 Å². The van der Waals surface area contributed by atoms with E-state index in [0.29, 0.717) is 22.5 Å². The van der Waals surface area contributed by atoms with Crippen molar-refractivity contribution in [2.75, 3.05) is 20.5 Å². The first-order valence-electron chi connectivity index (χ1n) is 7.28. The predicted molar refractivity (Wildman–Crippen MR) is 90.3 cm³/mol. The molecule has 24 heavy (non-hydrogen) atoms. The van der Waals surface area contributed by atoms with Crippen LogP contribution in [0.15, 0.2) is 33.9 Å². The van der Waals surface area contributed by atoms with Crippen molar-refractivity contribution in [1.82, 2.24) is 14.9 Å². The summed E-state index contributed by atoms with van der Waals surface area (Å²) in [5, 5.41) is 3.86. The fourth-order valence-electron chi connectivity index (χ4n) is 2.91. The average molecular weight is 351 g/mol. The highest BCUT2D eigenvalue weighted by molar-refractivity contribution is 7.98. The van der Waals surface area contributed by atoms with E-state index in [9.17, 15) is 9.59 Å². The van der Waals surface area contributed by atoms with E-state index in [1.165, 1.54) is 26.0 Å². The molecule has 0 saturated heterocycles. The molecule has 0 amide bonds. The van der Waals surface area contributed by atoms with Crippen molar-refractivity contribution in [2.24, 2.45) is 7.05 Å². The first-order chi connectivity index (χ1) is 11.4. The number of aromatic nitrogens is 2. The molecule has 0 fully saturated rings. The Hall–Kier alpha value is -2.22. The van der Waals surface area contributed by atoms with Crippen molar-refractivity contribution in [1.29, 1.82) is 0 Å². The zero-order valence-corrected chi connectivity index (χ0v) is 15.4. The number of nitrogens with one attached hydrogen (secondary N) is 1. The smallest absolute Gasteiger partial charge is 0.336 e. The number of methoxy groups -OCH3 is 2. The van der Waals surface area contributed by atoms with Gasteiger partial charge < -0.3 is 19.4 Å². The molecule has 0 atom stereocenters. The van der Waals surface area contributed by atoms with Crippen molar-refractivity contribution >= 4 is 23.7 Å². The van der Waals surface area contributed by atoms with Gasteiger partial charge in [0.1, 0.15) is 0 Å². The number of allylic oxidation sites excluding steroid dienone is 2. The molecular weight excluding hydrogens is 330 g/mol. The Labute approximate surface area is 145 Å². The maximum absolute atomic E-state index is 12.4. The van der Waals surface area contributed by atoms with Gasteiger partial charge in [-0.25, -0.2) is 14.6 Å². The minimum atomic E-state index is -0.607. The number of rotatable bonds is 4. The minimum absolute atomic E-state index is 0.374. The zero-order chi connectivity index (χ0) is 18.0. The normalized spacial score (nSPS) is 15.4.